The summed E-state index contributed by atoms with van der Waals surface area (Å²) in [5, 5.41) is 4.38. The summed E-state index contributed by atoms with van der Waals surface area (Å²) in [5.41, 5.74) is 4.11. The molecule has 2 aliphatic rings. The van der Waals surface area contributed by atoms with E-state index in [4.69, 9.17) is 0 Å². The van der Waals surface area contributed by atoms with E-state index in [9.17, 15) is 8.42 Å². The first-order chi connectivity index (χ1) is 11.2. The minimum absolute atomic E-state index is 0.260. The van der Waals surface area contributed by atoms with Gasteiger partial charge in [0.25, 0.3) is 0 Å². The highest BCUT2D eigenvalue weighted by Gasteiger charge is 2.26. The summed E-state index contributed by atoms with van der Waals surface area (Å²) >= 11 is 0. The Morgan fingerprint density at radius 3 is 2.35 bits per heavy atom. The Kier molecular flexibility index (Phi) is 5.27. The van der Waals surface area contributed by atoms with E-state index in [1.807, 2.05) is 0 Å². The highest BCUT2D eigenvalue weighted by atomic mass is 32.2. The lowest BCUT2D eigenvalue weighted by molar-refractivity contribution is 0.346. The van der Waals surface area contributed by atoms with Crippen LogP contribution >= 0.6 is 0 Å². The molecule has 1 aromatic rings. The van der Waals surface area contributed by atoms with Crippen molar-refractivity contribution >= 4 is 21.6 Å². The summed E-state index contributed by atoms with van der Waals surface area (Å²) in [6.45, 7) is 1.21. The summed E-state index contributed by atoms with van der Waals surface area (Å²) in [4.78, 5) is 4.46. The molecule has 0 aromatic carbocycles. The van der Waals surface area contributed by atoms with Crippen molar-refractivity contribution in [2.24, 2.45) is 5.10 Å². The fraction of sp³-hybridized carbons (Fsp3) is 0.625. The van der Waals surface area contributed by atoms with Crippen LogP contribution in [0.3, 0.4) is 0 Å². The number of piperidine rings is 1. The van der Waals surface area contributed by atoms with Gasteiger partial charge in [0.15, 0.2) is 0 Å². The first-order valence-corrected chi connectivity index (χ1v) is 9.88. The normalized spacial score (nSPS) is 20.3. The Balaban J connectivity index is 1.66. The van der Waals surface area contributed by atoms with E-state index in [2.05, 4.69) is 15.5 Å². The summed E-state index contributed by atoms with van der Waals surface area (Å²) in [7, 11) is -3.41. The van der Waals surface area contributed by atoms with E-state index in [0.29, 0.717) is 18.9 Å². The number of aromatic nitrogens is 1. The van der Waals surface area contributed by atoms with Crippen molar-refractivity contribution < 1.29 is 8.42 Å². The van der Waals surface area contributed by atoms with Gasteiger partial charge in [-0.3, -0.25) is 5.43 Å². The second kappa shape index (κ2) is 7.40. The van der Waals surface area contributed by atoms with Crippen LogP contribution in [0, 0.1) is 0 Å². The van der Waals surface area contributed by atoms with Crippen molar-refractivity contribution in [2.45, 2.75) is 56.3 Å². The quantitative estimate of drug-likeness (QED) is 0.858. The van der Waals surface area contributed by atoms with Crippen molar-refractivity contribution in [3.8, 4) is 0 Å². The molecule has 3 rings (SSSR count). The number of pyridine rings is 1. The monoisotopic (exact) mass is 336 g/mol. The molecule has 6 nitrogen and oxygen atoms in total. The number of anilines is 1. The standard InChI is InChI=1S/C16H24N4O2S/c21-23(22,20-11-5-2-6-12-20)15-9-10-16(17-13-15)19-18-14-7-3-1-4-8-14/h9-10,13H,1-8,11-12H2,(H,17,19). The predicted octanol–water partition coefficient (Wildman–Crippen LogP) is 2.99. The molecule has 0 atom stereocenters. The van der Waals surface area contributed by atoms with Gasteiger partial charge >= 0.3 is 0 Å². The maximum absolute atomic E-state index is 12.5. The highest BCUT2D eigenvalue weighted by molar-refractivity contribution is 7.89. The summed E-state index contributed by atoms with van der Waals surface area (Å²) < 4.78 is 26.6. The van der Waals surface area contributed by atoms with Crippen molar-refractivity contribution in [1.82, 2.24) is 9.29 Å². The molecule has 1 aromatic heterocycles. The van der Waals surface area contributed by atoms with Crippen LogP contribution in [0.2, 0.25) is 0 Å². The van der Waals surface area contributed by atoms with Gasteiger partial charge in [-0.05, 0) is 50.7 Å². The second-order valence-electron chi connectivity index (χ2n) is 6.19. The molecule has 2 heterocycles. The van der Waals surface area contributed by atoms with Crippen molar-refractivity contribution in [3.05, 3.63) is 18.3 Å². The number of rotatable bonds is 4. The molecule has 1 aliphatic carbocycles. The predicted molar refractivity (Wildman–Crippen MR) is 91.0 cm³/mol. The Morgan fingerprint density at radius 2 is 1.70 bits per heavy atom. The molecule has 0 spiro atoms. The molecule has 0 unspecified atom stereocenters. The Labute approximate surface area is 138 Å². The molecule has 0 bridgehead atoms. The number of hydrogen-bond acceptors (Lipinski definition) is 5. The molecule has 1 N–H and O–H groups in total. The Hall–Kier alpha value is -1.47. The minimum atomic E-state index is -3.41. The Morgan fingerprint density at radius 1 is 1.00 bits per heavy atom. The third-order valence-corrected chi connectivity index (χ3v) is 6.33. The molecule has 7 heteroatoms. The maximum atomic E-state index is 12.5. The number of nitrogens with zero attached hydrogens (tertiary/aromatic N) is 3. The zero-order valence-electron chi connectivity index (χ0n) is 13.4. The lowest BCUT2D eigenvalue weighted by atomic mass is 9.99. The first kappa shape index (κ1) is 16.4. The van der Waals surface area contributed by atoms with Crippen LogP contribution in [0.15, 0.2) is 28.3 Å². The van der Waals surface area contributed by atoms with Crippen LogP contribution in [0.5, 0.6) is 0 Å². The van der Waals surface area contributed by atoms with Crippen LogP contribution in [0.25, 0.3) is 0 Å². The SMILES string of the molecule is O=S(=O)(c1ccc(NN=C2CCCCC2)nc1)N1CCCCC1. The Bertz CT molecular complexity index is 641. The van der Waals surface area contributed by atoms with Gasteiger partial charge < -0.3 is 0 Å². The van der Waals surface area contributed by atoms with E-state index in [-0.39, 0.29) is 4.90 Å². The highest BCUT2D eigenvalue weighted by Crippen LogP contribution is 2.21. The molecule has 2 fully saturated rings. The molecule has 0 radical (unpaired) electrons. The van der Waals surface area contributed by atoms with Crippen LogP contribution in [-0.2, 0) is 10.0 Å². The van der Waals surface area contributed by atoms with Gasteiger partial charge in [-0.25, -0.2) is 13.4 Å². The second-order valence-corrected chi connectivity index (χ2v) is 8.13. The molecule has 126 valence electrons. The van der Waals surface area contributed by atoms with E-state index in [0.717, 1.165) is 32.1 Å². The van der Waals surface area contributed by atoms with Gasteiger partial charge in [0.2, 0.25) is 10.0 Å². The van der Waals surface area contributed by atoms with Crippen LogP contribution in [-0.4, -0.2) is 36.5 Å². The molecule has 1 aliphatic heterocycles. The van der Waals surface area contributed by atoms with Gasteiger partial charge in [-0.2, -0.15) is 9.41 Å². The molecular weight excluding hydrogens is 312 g/mol. The lowest BCUT2D eigenvalue weighted by Crippen LogP contribution is -2.35. The van der Waals surface area contributed by atoms with Crippen molar-refractivity contribution in [1.29, 1.82) is 0 Å². The zero-order chi connectivity index (χ0) is 16.1. The number of sulfonamides is 1. The van der Waals surface area contributed by atoms with E-state index < -0.39 is 10.0 Å². The molecule has 1 saturated heterocycles. The third kappa shape index (κ3) is 4.09. The molecule has 1 saturated carbocycles. The number of nitrogens with one attached hydrogen (secondary N) is 1. The average molecular weight is 336 g/mol. The maximum Gasteiger partial charge on any atom is 0.244 e. The topological polar surface area (TPSA) is 74.7 Å². The smallest absolute Gasteiger partial charge is 0.244 e. The van der Waals surface area contributed by atoms with E-state index >= 15 is 0 Å². The van der Waals surface area contributed by atoms with Gasteiger partial charge in [-0.1, -0.05) is 12.8 Å². The van der Waals surface area contributed by atoms with Crippen LogP contribution < -0.4 is 5.43 Å². The molecular formula is C16H24N4O2S. The van der Waals surface area contributed by atoms with E-state index in [1.54, 1.807) is 16.4 Å². The number of hydrogen-bond donors (Lipinski definition) is 1. The van der Waals surface area contributed by atoms with Crippen LogP contribution in [0.4, 0.5) is 5.82 Å². The largest absolute Gasteiger partial charge is 0.261 e. The van der Waals surface area contributed by atoms with Gasteiger partial charge in [0, 0.05) is 25.0 Å². The summed E-state index contributed by atoms with van der Waals surface area (Å²) in [6.07, 6.45) is 10.1. The van der Waals surface area contributed by atoms with Gasteiger partial charge in [-0.15, -0.1) is 0 Å². The fourth-order valence-corrected chi connectivity index (χ4v) is 4.52. The van der Waals surface area contributed by atoms with Crippen LogP contribution in [0.1, 0.15) is 51.4 Å². The summed E-state index contributed by atoms with van der Waals surface area (Å²) in [5.74, 6) is 0.584. The lowest BCUT2D eigenvalue weighted by Gasteiger charge is -2.25. The zero-order valence-corrected chi connectivity index (χ0v) is 14.2. The average Bonchev–Trinajstić information content (AvgIpc) is 2.62. The fourth-order valence-electron chi connectivity index (χ4n) is 3.06. The third-order valence-electron chi connectivity index (χ3n) is 4.45. The summed E-state index contributed by atoms with van der Waals surface area (Å²) in [6, 6.07) is 3.30. The van der Waals surface area contributed by atoms with Gasteiger partial charge in [0.05, 0.1) is 0 Å². The number of hydrazone groups is 1. The molecule has 0 amide bonds. The van der Waals surface area contributed by atoms with E-state index in [1.165, 1.54) is 31.2 Å². The van der Waals surface area contributed by atoms with Crippen molar-refractivity contribution in [3.63, 3.8) is 0 Å². The first-order valence-electron chi connectivity index (χ1n) is 8.44. The molecule has 23 heavy (non-hydrogen) atoms. The van der Waals surface area contributed by atoms with Crippen molar-refractivity contribution in [2.75, 3.05) is 18.5 Å². The minimum Gasteiger partial charge on any atom is -0.261 e. The van der Waals surface area contributed by atoms with Gasteiger partial charge in [0.1, 0.15) is 10.7 Å².